The van der Waals surface area contributed by atoms with E-state index in [1.807, 2.05) is 0 Å². The first-order valence-electron chi connectivity index (χ1n) is 8.76. The summed E-state index contributed by atoms with van der Waals surface area (Å²) in [5, 5.41) is 6.79. The van der Waals surface area contributed by atoms with Crippen LogP contribution in [0.3, 0.4) is 0 Å². The van der Waals surface area contributed by atoms with Crippen LogP contribution in [-0.4, -0.2) is 29.9 Å². The highest BCUT2D eigenvalue weighted by atomic mass is 19.1. The number of nitrogens with zero attached hydrogens (tertiary/aromatic N) is 2. The summed E-state index contributed by atoms with van der Waals surface area (Å²) < 4.78 is 29.5. The summed E-state index contributed by atoms with van der Waals surface area (Å²) in [4.78, 5) is 24.4. The highest BCUT2D eigenvalue weighted by Crippen LogP contribution is 2.29. The van der Waals surface area contributed by atoms with Crippen LogP contribution in [0.5, 0.6) is 11.5 Å². The van der Waals surface area contributed by atoms with Crippen LogP contribution in [0.25, 0.3) is 11.5 Å². The van der Waals surface area contributed by atoms with Gasteiger partial charge >= 0.3 is 5.76 Å². The maximum atomic E-state index is 13.0. The molecule has 3 aromatic rings. The molecule has 1 heterocycles. The van der Waals surface area contributed by atoms with Gasteiger partial charge in [-0.3, -0.25) is 4.79 Å². The third kappa shape index (κ3) is 4.63. The summed E-state index contributed by atoms with van der Waals surface area (Å²) in [7, 11) is 3.08. The monoisotopic (exact) mass is 401 g/mol. The lowest BCUT2D eigenvalue weighted by Gasteiger charge is -2.18. The van der Waals surface area contributed by atoms with E-state index in [0.717, 1.165) is 10.2 Å². The molecule has 1 aromatic heterocycles. The van der Waals surface area contributed by atoms with Gasteiger partial charge in [-0.15, -0.1) is 5.10 Å². The van der Waals surface area contributed by atoms with Crippen LogP contribution in [0.1, 0.15) is 18.5 Å². The smallest absolute Gasteiger partial charge is 0.437 e. The van der Waals surface area contributed by atoms with Gasteiger partial charge in [0.05, 0.1) is 20.3 Å². The summed E-state index contributed by atoms with van der Waals surface area (Å²) in [6.45, 7) is 1.45. The molecule has 8 nitrogen and oxygen atoms in total. The van der Waals surface area contributed by atoms with Crippen molar-refractivity contribution in [1.29, 1.82) is 0 Å². The zero-order valence-corrected chi connectivity index (χ0v) is 16.1. The minimum atomic E-state index is -0.786. The van der Waals surface area contributed by atoms with E-state index in [1.54, 1.807) is 32.2 Å². The summed E-state index contributed by atoms with van der Waals surface area (Å²) in [6, 6.07) is 10.2. The van der Waals surface area contributed by atoms with E-state index in [9.17, 15) is 14.0 Å². The van der Waals surface area contributed by atoms with E-state index in [4.69, 9.17) is 13.9 Å². The number of carbonyl (C=O) groups excluding carboxylic acids is 1. The molecule has 0 aliphatic heterocycles. The van der Waals surface area contributed by atoms with Crippen molar-refractivity contribution in [2.24, 2.45) is 0 Å². The quantitative estimate of drug-likeness (QED) is 0.654. The van der Waals surface area contributed by atoms with Crippen LogP contribution >= 0.6 is 0 Å². The van der Waals surface area contributed by atoms with Crippen molar-refractivity contribution in [2.75, 3.05) is 14.2 Å². The Kier molecular flexibility index (Phi) is 5.96. The van der Waals surface area contributed by atoms with Gasteiger partial charge in [0.15, 0.2) is 0 Å². The Morgan fingerprint density at radius 3 is 2.59 bits per heavy atom. The summed E-state index contributed by atoms with van der Waals surface area (Å²) in [5.41, 5.74) is 1.15. The molecular weight excluding hydrogens is 381 g/mol. The second-order valence-corrected chi connectivity index (χ2v) is 6.23. The molecule has 29 heavy (non-hydrogen) atoms. The van der Waals surface area contributed by atoms with Crippen LogP contribution in [0.2, 0.25) is 0 Å². The minimum absolute atomic E-state index is 0.00492. The number of methoxy groups -OCH3 is 2. The van der Waals surface area contributed by atoms with Crippen molar-refractivity contribution in [3.63, 3.8) is 0 Å². The van der Waals surface area contributed by atoms with Crippen LogP contribution in [0, 0.1) is 5.82 Å². The van der Waals surface area contributed by atoms with Gasteiger partial charge in [0.1, 0.15) is 23.9 Å². The summed E-state index contributed by atoms with van der Waals surface area (Å²) in [6.07, 6.45) is 0. The van der Waals surface area contributed by atoms with Crippen molar-refractivity contribution >= 4 is 5.91 Å². The predicted octanol–water partition coefficient (Wildman–Crippen LogP) is 2.54. The maximum absolute atomic E-state index is 13.0. The molecule has 152 valence electrons. The van der Waals surface area contributed by atoms with Crippen molar-refractivity contribution < 1.29 is 23.1 Å². The van der Waals surface area contributed by atoms with E-state index >= 15 is 0 Å². The molecule has 0 unspecified atom stereocenters. The van der Waals surface area contributed by atoms with Gasteiger partial charge in [-0.05, 0) is 49.4 Å². The minimum Gasteiger partial charge on any atom is -0.497 e. The summed E-state index contributed by atoms with van der Waals surface area (Å²) >= 11 is 0. The standard InChI is InChI=1S/C20H20FN3O5/c1-12(16-10-15(27-2)8-9-17(16)28-3)22-18(25)11-24-20(26)29-19(23-24)13-4-6-14(21)7-5-13/h4-10,12H,11H2,1-3H3,(H,22,25)/t12-/m1/s1. The van der Waals surface area contributed by atoms with E-state index in [1.165, 1.54) is 31.4 Å². The fraction of sp³-hybridized carbons (Fsp3) is 0.250. The fourth-order valence-electron chi connectivity index (χ4n) is 2.79. The number of benzene rings is 2. The highest BCUT2D eigenvalue weighted by Gasteiger charge is 2.18. The topological polar surface area (TPSA) is 95.6 Å². The fourth-order valence-corrected chi connectivity index (χ4v) is 2.79. The normalized spacial score (nSPS) is 11.7. The zero-order valence-electron chi connectivity index (χ0n) is 16.1. The molecule has 0 saturated heterocycles. The molecule has 0 spiro atoms. The lowest BCUT2D eigenvalue weighted by Crippen LogP contribution is -2.33. The lowest BCUT2D eigenvalue weighted by atomic mass is 10.1. The molecule has 1 N–H and O–H groups in total. The molecule has 1 amide bonds. The first-order valence-corrected chi connectivity index (χ1v) is 8.76. The van der Waals surface area contributed by atoms with Crippen LogP contribution in [0.15, 0.2) is 51.7 Å². The number of aromatic nitrogens is 2. The molecule has 0 aliphatic carbocycles. The number of halogens is 1. The van der Waals surface area contributed by atoms with E-state index < -0.39 is 23.5 Å². The lowest BCUT2D eigenvalue weighted by molar-refractivity contribution is -0.122. The molecule has 1 atom stereocenters. The van der Waals surface area contributed by atoms with Crippen molar-refractivity contribution in [3.05, 3.63) is 64.4 Å². The SMILES string of the molecule is COc1ccc(OC)c([C@@H](C)NC(=O)Cn2nc(-c3ccc(F)cc3)oc2=O)c1. The predicted molar refractivity (Wildman–Crippen MR) is 102 cm³/mol. The molecule has 0 fully saturated rings. The van der Waals surface area contributed by atoms with Crippen LogP contribution in [0.4, 0.5) is 4.39 Å². The first kappa shape index (κ1) is 20.1. The Morgan fingerprint density at radius 1 is 1.21 bits per heavy atom. The number of nitrogens with one attached hydrogen (secondary N) is 1. The number of carbonyl (C=O) groups is 1. The van der Waals surface area contributed by atoms with Gasteiger partial charge in [0.2, 0.25) is 11.8 Å². The molecule has 0 saturated carbocycles. The largest absolute Gasteiger partial charge is 0.497 e. The highest BCUT2D eigenvalue weighted by molar-refractivity contribution is 5.76. The van der Waals surface area contributed by atoms with Gasteiger partial charge in [0.25, 0.3) is 0 Å². The van der Waals surface area contributed by atoms with Gasteiger partial charge in [-0.1, -0.05) is 0 Å². The molecular formula is C20H20FN3O5. The first-order chi connectivity index (χ1) is 13.9. The Labute approximate surface area is 165 Å². The Bertz CT molecular complexity index is 1060. The molecule has 0 bridgehead atoms. The molecule has 9 heteroatoms. The second kappa shape index (κ2) is 8.59. The van der Waals surface area contributed by atoms with Crippen molar-refractivity contribution in [2.45, 2.75) is 19.5 Å². The van der Waals surface area contributed by atoms with E-state index in [0.29, 0.717) is 17.1 Å². The number of hydrogen-bond acceptors (Lipinski definition) is 6. The van der Waals surface area contributed by atoms with Gasteiger partial charge in [-0.2, -0.15) is 4.68 Å². The maximum Gasteiger partial charge on any atom is 0.437 e. The molecule has 2 aromatic carbocycles. The number of rotatable bonds is 7. The molecule has 0 radical (unpaired) electrons. The second-order valence-electron chi connectivity index (χ2n) is 6.23. The third-order valence-electron chi connectivity index (χ3n) is 4.27. The number of amides is 1. The molecule has 0 aliphatic rings. The van der Waals surface area contributed by atoms with Gasteiger partial charge in [-0.25, -0.2) is 9.18 Å². The molecule has 3 rings (SSSR count). The van der Waals surface area contributed by atoms with E-state index in [-0.39, 0.29) is 12.4 Å². The van der Waals surface area contributed by atoms with E-state index in [2.05, 4.69) is 10.4 Å². The zero-order chi connectivity index (χ0) is 21.0. The number of hydrogen-bond donors (Lipinski definition) is 1. The van der Waals surface area contributed by atoms with Gasteiger partial charge < -0.3 is 19.2 Å². The van der Waals surface area contributed by atoms with Crippen molar-refractivity contribution in [1.82, 2.24) is 15.1 Å². The summed E-state index contributed by atoms with van der Waals surface area (Å²) in [5.74, 6) is -0.425. The van der Waals surface area contributed by atoms with Crippen molar-refractivity contribution in [3.8, 4) is 23.0 Å². The van der Waals surface area contributed by atoms with Gasteiger partial charge in [0, 0.05) is 11.1 Å². The third-order valence-corrected chi connectivity index (χ3v) is 4.27. The Balaban J connectivity index is 1.73. The average Bonchev–Trinajstić information content (AvgIpc) is 3.07. The van der Waals surface area contributed by atoms with Crippen LogP contribution < -0.4 is 20.5 Å². The average molecular weight is 401 g/mol. The van der Waals surface area contributed by atoms with Crippen LogP contribution in [-0.2, 0) is 11.3 Å². The Morgan fingerprint density at radius 2 is 1.93 bits per heavy atom. The Hall–Kier alpha value is -3.62. The number of ether oxygens (including phenoxy) is 2.